The topological polar surface area (TPSA) is 41.9 Å². The highest BCUT2D eigenvalue weighted by atomic mass is 16.5. The summed E-state index contributed by atoms with van der Waals surface area (Å²) in [5, 5.41) is 5.28. The molecule has 0 N–H and O–H groups in total. The van der Waals surface area contributed by atoms with E-state index in [1.54, 1.807) is 14.2 Å². The molecule has 56 valence electrons. The molecule has 1 amide bonds. The normalized spacial score (nSPS) is 18.0. The van der Waals surface area contributed by atoms with Crippen molar-refractivity contribution in [3.8, 4) is 0 Å². The van der Waals surface area contributed by atoms with E-state index in [1.807, 2.05) is 0 Å². The minimum atomic E-state index is 0.0343. The first-order chi connectivity index (χ1) is 4.74. The van der Waals surface area contributed by atoms with Gasteiger partial charge in [0.25, 0.3) is 0 Å². The van der Waals surface area contributed by atoms with E-state index in [4.69, 9.17) is 4.74 Å². The standard InChI is InChI=1S/C6H10N2O2/c1-8-6(9)3-5(7-8)4-10-2/h3-4H2,1-2H3. The predicted octanol–water partition coefficient (Wildman–Crippen LogP) is -0.149. The highest BCUT2D eigenvalue weighted by Gasteiger charge is 2.19. The van der Waals surface area contributed by atoms with Crippen LogP contribution in [0.5, 0.6) is 0 Å². The Morgan fingerprint density at radius 2 is 2.50 bits per heavy atom. The summed E-state index contributed by atoms with van der Waals surface area (Å²) in [5.74, 6) is 0.0343. The van der Waals surface area contributed by atoms with Crippen LogP contribution < -0.4 is 0 Å². The van der Waals surface area contributed by atoms with Crippen LogP contribution in [0.25, 0.3) is 0 Å². The zero-order valence-corrected chi connectivity index (χ0v) is 6.13. The van der Waals surface area contributed by atoms with Crippen molar-refractivity contribution in [1.82, 2.24) is 5.01 Å². The number of nitrogens with zero attached hydrogens (tertiary/aromatic N) is 2. The fraction of sp³-hybridized carbons (Fsp3) is 0.667. The fourth-order valence-corrected chi connectivity index (χ4v) is 0.839. The van der Waals surface area contributed by atoms with Crippen molar-refractivity contribution < 1.29 is 9.53 Å². The third-order valence-electron chi connectivity index (χ3n) is 1.32. The number of hydrogen-bond donors (Lipinski definition) is 0. The average molecular weight is 142 g/mol. The minimum Gasteiger partial charge on any atom is -0.379 e. The Bertz CT molecular complexity index is 177. The molecular formula is C6H10N2O2. The van der Waals surface area contributed by atoms with Crippen LogP contribution in [0.1, 0.15) is 6.42 Å². The molecule has 0 aromatic carbocycles. The molecule has 0 saturated heterocycles. The zero-order chi connectivity index (χ0) is 7.56. The van der Waals surface area contributed by atoms with E-state index in [0.717, 1.165) is 5.71 Å². The maximum absolute atomic E-state index is 10.8. The molecule has 0 aliphatic carbocycles. The average Bonchev–Trinajstić information content (AvgIpc) is 2.14. The number of rotatable bonds is 2. The van der Waals surface area contributed by atoms with E-state index < -0.39 is 0 Å². The van der Waals surface area contributed by atoms with Crippen LogP contribution in [0.2, 0.25) is 0 Å². The highest BCUT2D eigenvalue weighted by Crippen LogP contribution is 2.04. The molecule has 10 heavy (non-hydrogen) atoms. The number of carbonyl (C=O) groups excluding carboxylic acids is 1. The summed E-state index contributed by atoms with van der Waals surface area (Å²) in [5.41, 5.74) is 0.801. The number of ether oxygens (including phenoxy) is 1. The second-order valence-electron chi connectivity index (χ2n) is 2.19. The molecule has 0 fully saturated rings. The second-order valence-corrected chi connectivity index (χ2v) is 2.19. The van der Waals surface area contributed by atoms with Gasteiger partial charge in [-0.15, -0.1) is 0 Å². The summed E-state index contributed by atoms with van der Waals surface area (Å²) in [4.78, 5) is 10.8. The molecule has 0 aromatic heterocycles. The number of hydrogen-bond acceptors (Lipinski definition) is 3. The largest absolute Gasteiger partial charge is 0.379 e. The van der Waals surface area contributed by atoms with Crippen LogP contribution in [-0.2, 0) is 9.53 Å². The summed E-state index contributed by atoms with van der Waals surface area (Å²) >= 11 is 0. The van der Waals surface area contributed by atoms with Gasteiger partial charge >= 0.3 is 0 Å². The number of hydrazone groups is 1. The molecule has 4 heteroatoms. The third-order valence-corrected chi connectivity index (χ3v) is 1.32. The van der Waals surface area contributed by atoms with Gasteiger partial charge in [0, 0.05) is 14.2 Å². The number of amides is 1. The van der Waals surface area contributed by atoms with Crippen LogP contribution in [0.4, 0.5) is 0 Å². The fourth-order valence-electron chi connectivity index (χ4n) is 0.839. The molecule has 0 saturated carbocycles. The highest BCUT2D eigenvalue weighted by molar-refractivity contribution is 6.05. The van der Waals surface area contributed by atoms with E-state index in [9.17, 15) is 4.79 Å². The number of methoxy groups -OCH3 is 1. The third kappa shape index (κ3) is 1.33. The van der Waals surface area contributed by atoms with E-state index in [2.05, 4.69) is 5.10 Å². The van der Waals surface area contributed by atoms with Gasteiger partial charge in [-0.25, -0.2) is 5.01 Å². The first-order valence-electron chi connectivity index (χ1n) is 3.06. The summed E-state index contributed by atoms with van der Waals surface area (Å²) < 4.78 is 4.81. The maximum atomic E-state index is 10.8. The lowest BCUT2D eigenvalue weighted by Crippen LogP contribution is -2.14. The van der Waals surface area contributed by atoms with Crippen molar-refractivity contribution >= 4 is 11.6 Å². The first kappa shape index (κ1) is 7.21. The van der Waals surface area contributed by atoms with Gasteiger partial charge in [-0.1, -0.05) is 0 Å². The van der Waals surface area contributed by atoms with Crippen LogP contribution >= 0.6 is 0 Å². The molecule has 0 radical (unpaired) electrons. The molecule has 0 bridgehead atoms. The van der Waals surface area contributed by atoms with Gasteiger partial charge in [0.15, 0.2) is 0 Å². The van der Waals surface area contributed by atoms with Gasteiger partial charge < -0.3 is 4.74 Å². The quantitative estimate of drug-likeness (QED) is 0.538. The van der Waals surface area contributed by atoms with Crippen molar-refractivity contribution in [1.29, 1.82) is 0 Å². The molecule has 1 aliphatic heterocycles. The zero-order valence-electron chi connectivity index (χ0n) is 6.13. The monoisotopic (exact) mass is 142 g/mol. The second kappa shape index (κ2) is 2.79. The van der Waals surface area contributed by atoms with Crippen molar-refractivity contribution in [3.05, 3.63) is 0 Å². The Hall–Kier alpha value is -0.900. The van der Waals surface area contributed by atoms with E-state index in [0.29, 0.717) is 13.0 Å². The van der Waals surface area contributed by atoms with Gasteiger partial charge in [0.1, 0.15) is 0 Å². The molecule has 1 heterocycles. The predicted molar refractivity (Wildman–Crippen MR) is 36.7 cm³/mol. The summed E-state index contributed by atoms with van der Waals surface area (Å²) in [6.45, 7) is 0.454. The van der Waals surface area contributed by atoms with Crippen LogP contribution in [-0.4, -0.2) is 37.4 Å². The van der Waals surface area contributed by atoms with Crippen LogP contribution in [0.3, 0.4) is 0 Å². The smallest absolute Gasteiger partial charge is 0.248 e. The lowest BCUT2D eigenvalue weighted by molar-refractivity contribution is -0.127. The Labute approximate surface area is 59.5 Å². The summed E-state index contributed by atoms with van der Waals surface area (Å²) in [7, 11) is 3.23. The van der Waals surface area contributed by atoms with E-state index in [1.165, 1.54) is 5.01 Å². The molecule has 0 spiro atoms. The molecule has 1 rings (SSSR count). The molecule has 0 aromatic rings. The van der Waals surface area contributed by atoms with Crippen molar-refractivity contribution in [2.45, 2.75) is 6.42 Å². The Balaban J connectivity index is 2.50. The Kier molecular flexibility index (Phi) is 2.01. The Morgan fingerprint density at radius 3 is 2.90 bits per heavy atom. The SMILES string of the molecule is COCC1=NN(C)C(=O)C1. The minimum absolute atomic E-state index is 0.0343. The van der Waals surface area contributed by atoms with Crippen molar-refractivity contribution in [2.24, 2.45) is 5.10 Å². The van der Waals surface area contributed by atoms with Crippen molar-refractivity contribution in [2.75, 3.05) is 20.8 Å². The van der Waals surface area contributed by atoms with E-state index in [-0.39, 0.29) is 5.91 Å². The van der Waals surface area contributed by atoms with Gasteiger partial charge in [-0.2, -0.15) is 5.10 Å². The maximum Gasteiger partial charge on any atom is 0.248 e. The van der Waals surface area contributed by atoms with Crippen LogP contribution in [0, 0.1) is 0 Å². The molecule has 1 aliphatic rings. The van der Waals surface area contributed by atoms with Gasteiger partial charge in [-0.3, -0.25) is 4.79 Å². The summed E-state index contributed by atoms with van der Waals surface area (Å²) in [6.07, 6.45) is 0.407. The molecule has 0 atom stereocenters. The molecular weight excluding hydrogens is 132 g/mol. The van der Waals surface area contributed by atoms with Gasteiger partial charge in [-0.05, 0) is 0 Å². The lowest BCUT2D eigenvalue weighted by Gasteiger charge is -1.98. The Morgan fingerprint density at radius 1 is 1.80 bits per heavy atom. The molecule has 4 nitrogen and oxygen atoms in total. The number of carbonyl (C=O) groups is 1. The molecule has 0 unspecified atom stereocenters. The van der Waals surface area contributed by atoms with E-state index >= 15 is 0 Å². The summed E-state index contributed by atoms with van der Waals surface area (Å²) in [6, 6.07) is 0. The van der Waals surface area contributed by atoms with Crippen molar-refractivity contribution in [3.63, 3.8) is 0 Å². The first-order valence-corrected chi connectivity index (χ1v) is 3.06. The lowest BCUT2D eigenvalue weighted by atomic mass is 10.3. The van der Waals surface area contributed by atoms with Crippen LogP contribution in [0.15, 0.2) is 5.10 Å². The van der Waals surface area contributed by atoms with Gasteiger partial charge in [0.2, 0.25) is 5.91 Å². The van der Waals surface area contributed by atoms with Gasteiger partial charge in [0.05, 0.1) is 18.7 Å².